The van der Waals surface area contributed by atoms with E-state index in [0.29, 0.717) is 32.2 Å². The summed E-state index contributed by atoms with van der Waals surface area (Å²) in [7, 11) is -2.67. The van der Waals surface area contributed by atoms with Gasteiger partial charge in [-0.1, -0.05) is 12.8 Å². The van der Waals surface area contributed by atoms with E-state index in [1.165, 1.54) is 20.8 Å². The highest BCUT2D eigenvalue weighted by Gasteiger charge is 2.48. The van der Waals surface area contributed by atoms with Gasteiger partial charge in [-0.2, -0.15) is 0 Å². The Kier molecular flexibility index (Phi) is 42.7. The number of unbranched alkanes of at least 4 members (excludes halogenated alkanes) is 3. The van der Waals surface area contributed by atoms with Crippen molar-refractivity contribution in [2.24, 2.45) is 0 Å². The normalized spacial score (nSPS) is 26.3. The monoisotopic (exact) mass is 1420 g/mol. The van der Waals surface area contributed by atoms with Gasteiger partial charge in [0.05, 0.1) is 79.3 Å². The number of hydrogen-bond acceptors (Lipinski definition) is 29. The largest absolute Gasteiger partial charge is 0.694 e. The molecule has 40 heteroatoms. The quantitative estimate of drug-likeness (QED) is 0.0199. The summed E-state index contributed by atoms with van der Waals surface area (Å²) in [5, 5.41) is 114. The second kappa shape index (κ2) is 48.3. The molecule has 0 aromatic rings. The van der Waals surface area contributed by atoms with Crippen LogP contribution in [0.3, 0.4) is 0 Å². The maximum Gasteiger partial charge on any atom is 0.694 e. The van der Waals surface area contributed by atoms with E-state index in [1.54, 1.807) is 0 Å². The van der Waals surface area contributed by atoms with Gasteiger partial charge in [-0.15, -0.1) is 9.42 Å². The first kappa shape index (κ1) is 85.8. The Morgan fingerprint density at radius 2 is 0.742 bits per heavy atom. The molecule has 558 valence electrons. The highest BCUT2D eigenvalue weighted by molar-refractivity contribution is 7.32. The lowest BCUT2D eigenvalue weighted by molar-refractivity contribution is -0.272. The fraction of sp³-hybridized carbons (Fsp3) is 0.842. The van der Waals surface area contributed by atoms with Crippen molar-refractivity contribution in [3.63, 3.8) is 0 Å². The van der Waals surface area contributed by atoms with Crippen LogP contribution in [-0.2, 0) is 94.9 Å². The summed E-state index contributed by atoms with van der Waals surface area (Å²) in [6.45, 7) is 0.569. The third-order valence-electron chi connectivity index (χ3n) is 15.0. The summed E-state index contributed by atoms with van der Waals surface area (Å²) in [4.78, 5) is 124. The molecule has 3 heterocycles. The molecule has 3 fully saturated rings. The minimum Gasteiger partial charge on any atom is -0.394 e. The van der Waals surface area contributed by atoms with E-state index >= 15 is 0 Å². The van der Waals surface area contributed by atoms with Crippen molar-refractivity contribution >= 4 is 61.4 Å². The molecular formula is C57H101N9O30P+. The summed E-state index contributed by atoms with van der Waals surface area (Å²) in [5.41, 5.74) is 0. The lowest BCUT2D eigenvalue weighted by atomic mass is 9.97. The number of amides is 9. The fourth-order valence-corrected chi connectivity index (χ4v) is 10.3. The van der Waals surface area contributed by atoms with Gasteiger partial charge in [-0.3, -0.25) is 43.2 Å². The number of ether oxygens (including phenoxy) is 9. The van der Waals surface area contributed by atoms with Crippen molar-refractivity contribution in [3.05, 3.63) is 0 Å². The van der Waals surface area contributed by atoms with Gasteiger partial charge in [0, 0.05) is 77.2 Å². The van der Waals surface area contributed by atoms with Gasteiger partial charge >= 0.3 is 8.25 Å². The third-order valence-corrected chi connectivity index (χ3v) is 15.4. The van der Waals surface area contributed by atoms with E-state index in [-0.39, 0.29) is 130 Å². The van der Waals surface area contributed by atoms with Gasteiger partial charge in [0.25, 0.3) is 0 Å². The zero-order chi connectivity index (χ0) is 71.8. The molecule has 3 saturated heterocycles. The molecule has 19 N–H and O–H groups in total. The Morgan fingerprint density at radius 1 is 0.402 bits per heavy atom. The second-order valence-corrected chi connectivity index (χ2v) is 23.4. The molecule has 0 aromatic carbocycles. The van der Waals surface area contributed by atoms with Crippen LogP contribution in [0, 0.1) is 0 Å². The van der Waals surface area contributed by atoms with Crippen LogP contribution in [-0.4, -0.2) is 320 Å². The van der Waals surface area contributed by atoms with Gasteiger partial charge in [-0.25, -0.2) is 0 Å². The van der Waals surface area contributed by atoms with Crippen molar-refractivity contribution in [1.82, 2.24) is 47.9 Å². The molecule has 0 radical (unpaired) electrons. The summed E-state index contributed by atoms with van der Waals surface area (Å²) >= 11 is 0. The third kappa shape index (κ3) is 33.5. The van der Waals surface area contributed by atoms with Crippen LogP contribution in [0.4, 0.5) is 0 Å². The van der Waals surface area contributed by atoms with Crippen molar-refractivity contribution in [2.75, 3.05) is 112 Å². The number of nitrogens with one attached hydrogen (secondary N) is 9. The zero-order valence-corrected chi connectivity index (χ0v) is 55.6. The molecule has 0 bridgehead atoms. The molecule has 97 heavy (non-hydrogen) atoms. The number of carbonyl (C=O) groups excluding carboxylic acids is 9. The number of rotatable bonds is 49. The number of carbonyl (C=O) groups is 9. The molecule has 0 spiro atoms. The van der Waals surface area contributed by atoms with E-state index in [0.717, 1.165) is 0 Å². The maximum atomic E-state index is 13.7. The predicted octanol–water partition coefficient (Wildman–Crippen LogP) is -8.69. The van der Waals surface area contributed by atoms with E-state index < -0.39 is 186 Å². The van der Waals surface area contributed by atoms with Crippen molar-refractivity contribution in [3.8, 4) is 0 Å². The average molecular weight is 1420 g/mol. The molecule has 3 aliphatic heterocycles. The highest BCUT2D eigenvalue weighted by Crippen LogP contribution is 2.25. The Balaban J connectivity index is 1.64. The molecule has 0 aliphatic carbocycles. The summed E-state index contributed by atoms with van der Waals surface area (Å²) in [5.74, 6) is -5.53. The Morgan fingerprint density at radius 3 is 1.12 bits per heavy atom. The molecule has 9 amide bonds. The van der Waals surface area contributed by atoms with E-state index in [1.807, 2.05) is 0 Å². The van der Waals surface area contributed by atoms with Crippen molar-refractivity contribution < 1.29 is 146 Å². The summed E-state index contributed by atoms with van der Waals surface area (Å²) in [6, 6.07) is -6.32. The molecule has 3 aliphatic rings. The number of hydrogen-bond donors (Lipinski definition) is 19. The standard InChI is InChI=1S/C57H100N9O30P/c1-32(70)62-44-50(80)47(77)37(29-67)94-55(44)90-26-23-87-20-16-59-41(74)13-11-35(53(83)60-17-21-88-24-27-91-56-45(63-33(2)71)51(81)48(78)38(30-68)95-56)66-43(76)14-12-36(65-42(75)10-8-9-40(73)58-15-6-4-5-7-19-93-97(85)86)54(84)61-18-22-89-25-28-92-57-46(64-34(3)72)52(82)49(79)39(31-69)96-57/h35-39,44-52,55-57,67-69,77-82H,4-31H2,1-3H3,(H9-,58,59,60,61,62,63,64,65,66,70,71,72,73,74,75,76,83,84,85,86)/p+1/t35-,36-,37?,38?,39?,44?,45?,46?,47?,48?,49?,50?,51?,52?,55?,56?,57?/m0/s1. The Hall–Kier alpha value is -5.47. The predicted molar refractivity (Wildman–Crippen MR) is 329 cm³/mol. The number of aliphatic hydroxyl groups excluding tert-OH is 9. The maximum absolute atomic E-state index is 13.7. The van der Waals surface area contributed by atoms with Crippen LogP contribution in [0.1, 0.15) is 91.4 Å². The molecule has 0 aromatic heterocycles. The first-order valence-electron chi connectivity index (χ1n) is 32.0. The van der Waals surface area contributed by atoms with Crippen LogP contribution >= 0.6 is 8.25 Å². The SMILES string of the molecule is CC(=O)NC1C(OCCOCCNC(=O)CC[C@H](NC(=O)CC[C@H](NC(=O)CCCC(=O)NCCCCCCO[P+](=O)O)C(=O)NCCOCCOC2OC(CO)C(O)C(O)C2NC(C)=O)C(=O)NCCOCCOC2OC(CO)C(O)C(O)C2NC(C)=O)OC(CO)C(O)C1O. The van der Waals surface area contributed by atoms with Gasteiger partial charge in [0.2, 0.25) is 53.2 Å². The molecule has 39 nitrogen and oxygen atoms in total. The van der Waals surface area contributed by atoms with E-state index in [2.05, 4.69) is 52.4 Å². The van der Waals surface area contributed by atoms with E-state index in [4.69, 9.17) is 47.5 Å². The first-order valence-corrected chi connectivity index (χ1v) is 33.2. The van der Waals surface area contributed by atoms with Crippen molar-refractivity contribution in [2.45, 2.75) is 195 Å². The molecule has 16 unspecified atom stereocenters. The average Bonchev–Trinajstić information content (AvgIpc) is 0.846. The molecular weight excluding hydrogens is 1320 g/mol. The van der Waals surface area contributed by atoms with Crippen LogP contribution in [0.5, 0.6) is 0 Å². The first-order chi connectivity index (χ1) is 46.3. The lowest BCUT2D eigenvalue weighted by Gasteiger charge is -2.42. The van der Waals surface area contributed by atoms with Gasteiger partial charge in [-0.05, 0) is 32.1 Å². The molecule has 3 rings (SSSR count). The molecule has 18 atom stereocenters. The van der Waals surface area contributed by atoms with Crippen LogP contribution < -0.4 is 47.9 Å². The minimum absolute atomic E-state index is 0.0388. The van der Waals surface area contributed by atoms with Gasteiger partial charge < -0.3 is 136 Å². The van der Waals surface area contributed by atoms with Crippen LogP contribution in [0.2, 0.25) is 0 Å². The Labute approximate surface area is 561 Å². The van der Waals surface area contributed by atoms with Gasteiger partial charge in [0.1, 0.15) is 91.8 Å². The zero-order valence-electron chi connectivity index (χ0n) is 54.7. The lowest BCUT2D eigenvalue weighted by Crippen LogP contribution is -2.64. The fourth-order valence-electron chi connectivity index (χ4n) is 9.98. The van der Waals surface area contributed by atoms with Crippen LogP contribution in [0.25, 0.3) is 0 Å². The topological polar surface area (TPSA) is 574 Å². The minimum atomic E-state index is -2.67. The summed E-state index contributed by atoms with van der Waals surface area (Å²) < 4.78 is 65.4. The van der Waals surface area contributed by atoms with Crippen molar-refractivity contribution in [1.29, 1.82) is 0 Å². The van der Waals surface area contributed by atoms with E-state index in [9.17, 15) is 93.7 Å². The molecule has 0 saturated carbocycles. The summed E-state index contributed by atoms with van der Waals surface area (Å²) in [6.07, 6.45) is -15.7. The second-order valence-electron chi connectivity index (χ2n) is 22.7. The van der Waals surface area contributed by atoms with Gasteiger partial charge in [0.15, 0.2) is 18.9 Å². The number of aliphatic hydroxyl groups is 9. The van der Waals surface area contributed by atoms with Crippen LogP contribution in [0.15, 0.2) is 0 Å². The highest BCUT2D eigenvalue weighted by atomic mass is 31.1. The smallest absolute Gasteiger partial charge is 0.394 e. The Bertz CT molecular complexity index is 2400.